The molecule has 0 unspecified atom stereocenters. The topological polar surface area (TPSA) is 34.1 Å². The zero-order chi connectivity index (χ0) is 7.11. The summed E-state index contributed by atoms with van der Waals surface area (Å²) in [6.45, 7) is 3.37. The van der Waals surface area contributed by atoms with Crippen molar-refractivity contribution in [2.24, 2.45) is 0 Å². The number of carbonyl (C=O) groups is 2. The molecular weight excluding hydrogens is 116 g/mol. The molecular formula is C7H8O2. The van der Waals surface area contributed by atoms with Crippen LogP contribution in [0.2, 0.25) is 0 Å². The van der Waals surface area contributed by atoms with E-state index in [0.29, 0.717) is 12.7 Å². The minimum atomic E-state index is -0.0999. The van der Waals surface area contributed by atoms with Crippen molar-refractivity contribution in [2.45, 2.75) is 6.42 Å². The van der Waals surface area contributed by atoms with Crippen LogP contribution in [0.4, 0.5) is 0 Å². The third-order valence-corrected chi connectivity index (χ3v) is 0.706. The Balaban J connectivity index is 3.61. The van der Waals surface area contributed by atoms with Crippen molar-refractivity contribution in [1.29, 1.82) is 0 Å². The fraction of sp³-hybridized carbons (Fsp3) is 0.143. The number of hydrogen-bond donors (Lipinski definition) is 0. The molecule has 0 aromatic rings. The van der Waals surface area contributed by atoms with Crippen molar-refractivity contribution in [3.8, 4) is 0 Å². The molecule has 0 radical (unpaired) electrons. The second-order valence-corrected chi connectivity index (χ2v) is 1.45. The Kier molecular flexibility index (Phi) is 4.32. The van der Waals surface area contributed by atoms with Crippen LogP contribution in [0.5, 0.6) is 0 Å². The first-order valence-corrected chi connectivity index (χ1v) is 2.57. The summed E-state index contributed by atoms with van der Waals surface area (Å²) in [6.07, 6.45) is 4.77. The average Bonchev–Trinajstić information content (AvgIpc) is 1.85. The lowest BCUT2D eigenvalue weighted by Gasteiger charge is -1.80. The number of aldehydes is 1. The van der Waals surface area contributed by atoms with Gasteiger partial charge >= 0.3 is 0 Å². The van der Waals surface area contributed by atoms with E-state index < -0.39 is 0 Å². The van der Waals surface area contributed by atoms with Crippen LogP contribution in [0.25, 0.3) is 0 Å². The monoisotopic (exact) mass is 124 g/mol. The summed E-state index contributed by atoms with van der Waals surface area (Å²) >= 11 is 0. The van der Waals surface area contributed by atoms with Gasteiger partial charge in [0.15, 0.2) is 5.78 Å². The van der Waals surface area contributed by atoms with Gasteiger partial charge in [-0.1, -0.05) is 6.08 Å². The molecule has 0 aliphatic carbocycles. The lowest BCUT2D eigenvalue weighted by atomic mass is 10.3. The van der Waals surface area contributed by atoms with Crippen LogP contribution < -0.4 is 0 Å². The molecule has 0 atom stereocenters. The number of carbonyl (C=O) groups excluding carboxylic acids is 2. The fourth-order valence-electron chi connectivity index (χ4n) is 0.357. The smallest absolute Gasteiger partial charge is 0.159 e. The van der Waals surface area contributed by atoms with Crippen molar-refractivity contribution >= 4 is 12.1 Å². The second kappa shape index (κ2) is 4.97. The summed E-state index contributed by atoms with van der Waals surface area (Å²) in [6, 6.07) is 0. The molecule has 0 fully saturated rings. The van der Waals surface area contributed by atoms with Gasteiger partial charge in [0.1, 0.15) is 6.29 Å². The molecule has 0 aliphatic rings. The fourth-order valence-corrected chi connectivity index (χ4v) is 0.357. The number of ketones is 1. The van der Waals surface area contributed by atoms with Crippen molar-refractivity contribution in [3.05, 3.63) is 24.8 Å². The highest BCUT2D eigenvalue weighted by molar-refractivity contribution is 5.93. The van der Waals surface area contributed by atoms with Gasteiger partial charge < -0.3 is 0 Å². The molecule has 0 N–H and O–H groups in total. The van der Waals surface area contributed by atoms with Crippen LogP contribution in [-0.4, -0.2) is 12.1 Å². The minimum absolute atomic E-state index is 0.0999. The molecule has 0 saturated heterocycles. The van der Waals surface area contributed by atoms with Gasteiger partial charge in [0.05, 0.1) is 0 Å². The average molecular weight is 124 g/mol. The first-order chi connectivity index (χ1) is 4.31. The Morgan fingerprint density at radius 2 is 2.22 bits per heavy atom. The van der Waals surface area contributed by atoms with Crippen LogP contribution in [-0.2, 0) is 9.59 Å². The Hall–Kier alpha value is -1.18. The predicted molar refractivity (Wildman–Crippen MR) is 35.0 cm³/mol. The van der Waals surface area contributed by atoms with Crippen LogP contribution in [0.15, 0.2) is 24.8 Å². The molecule has 48 valence electrons. The standard InChI is InChI=1S/C7H8O2/c1-2-4-7(9)5-3-6-8/h2-3,5-6H,1,4H2. The lowest BCUT2D eigenvalue weighted by Crippen LogP contribution is -1.87. The maximum absolute atomic E-state index is 10.5. The van der Waals surface area contributed by atoms with Gasteiger partial charge in [-0.2, -0.15) is 0 Å². The molecule has 0 rings (SSSR count). The first-order valence-electron chi connectivity index (χ1n) is 2.57. The molecule has 9 heavy (non-hydrogen) atoms. The molecule has 0 aromatic carbocycles. The quantitative estimate of drug-likeness (QED) is 0.317. The Labute approximate surface area is 53.9 Å². The van der Waals surface area contributed by atoms with Crippen LogP contribution in [0.1, 0.15) is 6.42 Å². The lowest BCUT2D eigenvalue weighted by molar-refractivity contribution is -0.114. The molecule has 0 bridgehead atoms. The molecule has 2 heteroatoms. The van der Waals surface area contributed by atoms with Crippen molar-refractivity contribution in [2.75, 3.05) is 0 Å². The van der Waals surface area contributed by atoms with Crippen LogP contribution in [0, 0.1) is 0 Å². The Morgan fingerprint density at radius 3 is 2.67 bits per heavy atom. The summed E-state index contributed by atoms with van der Waals surface area (Å²) < 4.78 is 0. The van der Waals surface area contributed by atoms with Gasteiger partial charge in [0.25, 0.3) is 0 Å². The van der Waals surface area contributed by atoms with Crippen molar-refractivity contribution in [3.63, 3.8) is 0 Å². The van der Waals surface area contributed by atoms with Crippen LogP contribution in [0.3, 0.4) is 0 Å². The van der Waals surface area contributed by atoms with Gasteiger partial charge in [-0.05, 0) is 12.2 Å². The summed E-state index contributed by atoms with van der Waals surface area (Å²) in [5, 5.41) is 0. The number of rotatable bonds is 4. The van der Waals surface area contributed by atoms with E-state index >= 15 is 0 Å². The summed E-state index contributed by atoms with van der Waals surface area (Å²) in [7, 11) is 0. The summed E-state index contributed by atoms with van der Waals surface area (Å²) in [5.74, 6) is -0.0999. The van der Waals surface area contributed by atoms with E-state index in [1.807, 2.05) is 0 Å². The Bertz CT molecular complexity index is 145. The molecule has 0 aliphatic heterocycles. The highest BCUT2D eigenvalue weighted by Gasteiger charge is 1.87. The molecule has 0 aromatic heterocycles. The van der Waals surface area contributed by atoms with Crippen LogP contribution >= 0.6 is 0 Å². The molecule has 0 heterocycles. The van der Waals surface area contributed by atoms with E-state index in [4.69, 9.17) is 0 Å². The third kappa shape index (κ3) is 4.68. The third-order valence-electron chi connectivity index (χ3n) is 0.706. The molecule has 0 amide bonds. The molecule has 0 spiro atoms. The van der Waals surface area contributed by atoms with Gasteiger partial charge in [-0.25, -0.2) is 0 Å². The van der Waals surface area contributed by atoms with Gasteiger partial charge in [-0.3, -0.25) is 9.59 Å². The maximum Gasteiger partial charge on any atom is 0.159 e. The summed E-state index contributed by atoms with van der Waals surface area (Å²) in [4.78, 5) is 20.1. The van der Waals surface area contributed by atoms with Gasteiger partial charge in [0, 0.05) is 6.42 Å². The maximum atomic E-state index is 10.5. The Morgan fingerprint density at radius 1 is 1.56 bits per heavy atom. The van der Waals surface area contributed by atoms with E-state index in [1.54, 1.807) is 0 Å². The van der Waals surface area contributed by atoms with E-state index in [2.05, 4.69) is 6.58 Å². The van der Waals surface area contributed by atoms with Gasteiger partial charge in [0.2, 0.25) is 0 Å². The van der Waals surface area contributed by atoms with Gasteiger partial charge in [-0.15, -0.1) is 6.58 Å². The highest BCUT2D eigenvalue weighted by Crippen LogP contribution is 1.83. The van der Waals surface area contributed by atoms with Crippen molar-refractivity contribution in [1.82, 2.24) is 0 Å². The van der Waals surface area contributed by atoms with E-state index in [0.717, 1.165) is 0 Å². The highest BCUT2D eigenvalue weighted by atomic mass is 16.1. The van der Waals surface area contributed by atoms with E-state index in [1.165, 1.54) is 18.2 Å². The SMILES string of the molecule is C=CCC(=O)C=CC=O. The largest absolute Gasteiger partial charge is 0.299 e. The summed E-state index contributed by atoms with van der Waals surface area (Å²) in [5.41, 5.74) is 0. The van der Waals surface area contributed by atoms with E-state index in [9.17, 15) is 9.59 Å². The predicted octanol–water partition coefficient (Wildman–Crippen LogP) is 0.887. The normalized spacial score (nSPS) is 9.33. The van der Waals surface area contributed by atoms with Crippen molar-refractivity contribution < 1.29 is 9.59 Å². The van der Waals surface area contributed by atoms with E-state index in [-0.39, 0.29) is 5.78 Å². The second-order valence-electron chi connectivity index (χ2n) is 1.45. The molecule has 2 nitrogen and oxygen atoms in total. The minimum Gasteiger partial charge on any atom is -0.299 e. The molecule has 0 saturated carbocycles. The zero-order valence-electron chi connectivity index (χ0n) is 5.04. The number of hydrogen-bond acceptors (Lipinski definition) is 2. The zero-order valence-corrected chi connectivity index (χ0v) is 5.04. The first kappa shape index (κ1) is 7.82. The number of allylic oxidation sites excluding steroid dienone is 3.